The van der Waals surface area contributed by atoms with Crippen molar-refractivity contribution in [3.05, 3.63) is 29.9 Å². The second-order valence-electron chi connectivity index (χ2n) is 3.80. The molecular formula is C11H11F2N3O. The van der Waals surface area contributed by atoms with Gasteiger partial charge in [0, 0.05) is 18.3 Å². The van der Waals surface area contributed by atoms with Crippen LogP contribution in [0.1, 0.15) is 37.6 Å². The highest BCUT2D eigenvalue weighted by molar-refractivity contribution is 5.41. The summed E-state index contributed by atoms with van der Waals surface area (Å²) in [4.78, 5) is 11.6. The first-order valence-corrected chi connectivity index (χ1v) is 5.15. The lowest BCUT2D eigenvalue weighted by Crippen LogP contribution is -1.93. The summed E-state index contributed by atoms with van der Waals surface area (Å²) in [6, 6.07) is 1.63. The molecule has 17 heavy (non-hydrogen) atoms. The van der Waals surface area contributed by atoms with E-state index in [0.29, 0.717) is 0 Å². The van der Waals surface area contributed by atoms with Crippen molar-refractivity contribution in [1.82, 2.24) is 15.0 Å². The summed E-state index contributed by atoms with van der Waals surface area (Å²) in [5.74, 6) is 0.261. The predicted octanol–water partition coefficient (Wildman–Crippen LogP) is 3.19. The molecule has 0 amide bonds. The van der Waals surface area contributed by atoms with Crippen molar-refractivity contribution in [3.8, 4) is 11.7 Å². The minimum atomic E-state index is -2.66. The third-order valence-corrected chi connectivity index (χ3v) is 2.17. The van der Waals surface area contributed by atoms with Crippen molar-refractivity contribution < 1.29 is 13.2 Å². The Morgan fingerprint density at radius 2 is 1.82 bits per heavy atom. The highest BCUT2D eigenvalue weighted by atomic mass is 19.3. The van der Waals surface area contributed by atoms with E-state index in [0.717, 1.165) is 0 Å². The molecule has 2 rings (SSSR count). The number of alkyl halides is 2. The van der Waals surface area contributed by atoms with Crippen LogP contribution >= 0.6 is 0 Å². The molecule has 0 bridgehead atoms. The maximum atomic E-state index is 12.8. The number of halogens is 2. The highest BCUT2D eigenvalue weighted by Gasteiger charge is 2.24. The molecule has 0 saturated heterocycles. The van der Waals surface area contributed by atoms with E-state index in [2.05, 4.69) is 15.0 Å². The zero-order chi connectivity index (χ0) is 12.4. The Morgan fingerprint density at radius 3 is 2.29 bits per heavy atom. The van der Waals surface area contributed by atoms with Crippen LogP contribution in [-0.4, -0.2) is 15.0 Å². The van der Waals surface area contributed by atoms with Crippen LogP contribution in [0.2, 0.25) is 0 Å². The Morgan fingerprint density at radius 1 is 1.18 bits per heavy atom. The zero-order valence-electron chi connectivity index (χ0n) is 9.39. The van der Waals surface area contributed by atoms with Gasteiger partial charge in [0.1, 0.15) is 11.5 Å². The van der Waals surface area contributed by atoms with Crippen molar-refractivity contribution in [2.24, 2.45) is 0 Å². The average Bonchev–Trinajstić information content (AvgIpc) is 2.75. The van der Waals surface area contributed by atoms with E-state index >= 15 is 0 Å². The zero-order valence-corrected chi connectivity index (χ0v) is 9.39. The van der Waals surface area contributed by atoms with Crippen molar-refractivity contribution in [3.63, 3.8) is 0 Å². The van der Waals surface area contributed by atoms with Crippen LogP contribution < -0.4 is 0 Å². The fourth-order valence-electron chi connectivity index (χ4n) is 1.42. The van der Waals surface area contributed by atoms with Gasteiger partial charge < -0.3 is 4.42 Å². The summed E-state index contributed by atoms with van der Waals surface area (Å²) in [5, 5.41) is 0. The average molecular weight is 239 g/mol. The number of hydrogen-bond donors (Lipinski definition) is 0. The van der Waals surface area contributed by atoms with Gasteiger partial charge in [-0.1, -0.05) is 13.8 Å². The van der Waals surface area contributed by atoms with Crippen molar-refractivity contribution in [2.75, 3.05) is 0 Å². The van der Waals surface area contributed by atoms with Gasteiger partial charge in [-0.2, -0.15) is 0 Å². The summed E-state index contributed by atoms with van der Waals surface area (Å²) in [7, 11) is 0. The molecule has 0 spiro atoms. The summed E-state index contributed by atoms with van der Waals surface area (Å²) in [6.07, 6.45) is 0.349. The van der Waals surface area contributed by atoms with Crippen molar-refractivity contribution >= 4 is 0 Å². The minimum absolute atomic E-state index is 0.0320. The van der Waals surface area contributed by atoms with Crippen LogP contribution in [0.3, 0.4) is 0 Å². The highest BCUT2D eigenvalue weighted by Crippen LogP contribution is 2.31. The molecule has 2 aromatic rings. The molecule has 4 nitrogen and oxygen atoms in total. The van der Waals surface area contributed by atoms with Crippen LogP contribution in [0.25, 0.3) is 11.7 Å². The molecule has 0 radical (unpaired) electrons. The molecule has 0 aliphatic rings. The van der Waals surface area contributed by atoms with Crippen LogP contribution in [-0.2, 0) is 0 Å². The van der Waals surface area contributed by atoms with Crippen LogP contribution in [0, 0.1) is 0 Å². The smallest absolute Gasteiger partial charge is 0.283 e. The van der Waals surface area contributed by atoms with Crippen molar-refractivity contribution in [2.45, 2.75) is 26.2 Å². The predicted molar refractivity (Wildman–Crippen MR) is 56.6 cm³/mol. The number of hydrogen-bond acceptors (Lipinski definition) is 4. The van der Waals surface area contributed by atoms with Gasteiger partial charge >= 0.3 is 0 Å². The number of rotatable bonds is 3. The number of oxazole rings is 1. The monoisotopic (exact) mass is 239 g/mol. The summed E-state index contributed by atoms with van der Waals surface area (Å²) in [5.41, 5.74) is -0.331. The van der Waals surface area contributed by atoms with E-state index in [1.165, 1.54) is 12.4 Å². The standard InChI is InChI=1S/C11H11F2N3O/c1-6(2)8-7(9(12)13)16-11(17-8)10-14-4-3-5-15-10/h3-6,9H,1-2H3. The molecule has 2 heterocycles. The number of nitrogens with zero attached hydrogens (tertiary/aromatic N) is 3. The Labute approximate surface area is 96.7 Å². The maximum Gasteiger partial charge on any atom is 0.283 e. The fraction of sp³-hybridized carbons (Fsp3) is 0.364. The lowest BCUT2D eigenvalue weighted by molar-refractivity contribution is 0.143. The van der Waals surface area contributed by atoms with Gasteiger partial charge in [0.05, 0.1) is 0 Å². The van der Waals surface area contributed by atoms with Crippen LogP contribution in [0.4, 0.5) is 8.78 Å². The molecule has 0 aliphatic carbocycles. The summed E-state index contributed by atoms with van der Waals surface area (Å²) in [6.45, 7) is 3.53. The second kappa shape index (κ2) is 4.57. The third-order valence-electron chi connectivity index (χ3n) is 2.17. The van der Waals surface area contributed by atoms with Gasteiger partial charge in [0.2, 0.25) is 5.82 Å². The molecular weight excluding hydrogens is 228 g/mol. The molecule has 0 unspecified atom stereocenters. The van der Waals surface area contributed by atoms with Gasteiger partial charge in [-0.05, 0) is 6.07 Å². The molecule has 90 valence electrons. The Bertz CT molecular complexity index is 471. The largest absolute Gasteiger partial charge is 0.438 e. The molecule has 0 saturated carbocycles. The first kappa shape index (κ1) is 11.6. The van der Waals surface area contributed by atoms with E-state index in [4.69, 9.17) is 4.42 Å². The topological polar surface area (TPSA) is 51.8 Å². The Hall–Kier alpha value is -1.85. The van der Waals surface area contributed by atoms with Gasteiger partial charge in [0.25, 0.3) is 12.3 Å². The van der Waals surface area contributed by atoms with Gasteiger partial charge in [-0.15, -0.1) is 0 Å². The first-order valence-electron chi connectivity index (χ1n) is 5.15. The maximum absolute atomic E-state index is 12.8. The van der Waals surface area contributed by atoms with Crippen LogP contribution in [0.15, 0.2) is 22.9 Å². The molecule has 0 aliphatic heterocycles. The minimum Gasteiger partial charge on any atom is -0.438 e. The lowest BCUT2D eigenvalue weighted by atomic mass is 10.1. The molecule has 0 fully saturated rings. The van der Waals surface area contributed by atoms with E-state index in [1.54, 1.807) is 19.9 Å². The molecule has 6 heteroatoms. The Balaban J connectivity index is 2.48. The van der Waals surface area contributed by atoms with E-state index in [9.17, 15) is 8.78 Å². The van der Waals surface area contributed by atoms with Crippen LogP contribution in [0.5, 0.6) is 0 Å². The van der Waals surface area contributed by atoms with Crippen molar-refractivity contribution in [1.29, 1.82) is 0 Å². The number of aromatic nitrogens is 3. The SMILES string of the molecule is CC(C)c1oc(-c2ncccn2)nc1C(F)F. The molecule has 0 atom stereocenters. The van der Waals surface area contributed by atoms with Gasteiger partial charge in [-0.25, -0.2) is 23.7 Å². The third kappa shape index (κ3) is 2.30. The van der Waals surface area contributed by atoms with E-state index in [1.807, 2.05) is 0 Å². The first-order chi connectivity index (χ1) is 8.09. The molecule has 0 N–H and O–H groups in total. The second-order valence-corrected chi connectivity index (χ2v) is 3.80. The van der Waals surface area contributed by atoms with Gasteiger partial charge in [0.15, 0.2) is 0 Å². The van der Waals surface area contributed by atoms with E-state index < -0.39 is 6.43 Å². The lowest BCUT2D eigenvalue weighted by Gasteiger charge is -2.01. The summed E-state index contributed by atoms with van der Waals surface area (Å²) < 4.78 is 30.8. The molecule has 2 aromatic heterocycles. The van der Waals surface area contributed by atoms with E-state index in [-0.39, 0.29) is 29.1 Å². The normalized spacial score (nSPS) is 11.4. The fourth-order valence-corrected chi connectivity index (χ4v) is 1.42. The molecule has 0 aromatic carbocycles. The quantitative estimate of drug-likeness (QED) is 0.825. The summed E-state index contributed by atoms with van der Waals surface area (Å²) >= 11 is 0. The van der Waals surface area contributed by atoms with Gasteiger partial charge in [-0.3, -0.25) is 0 Å². The Kier molecular flexibility index (Phi) is 3.12.